The van der Waals surface area contributed by atoms with Crippen LogP contribution in [0, 0.1) is 0 Å². The quantitative estimate of drug-likeness (QED) is 0.810. The van der Waals surface area contributed by atoms with Gasteiger partial charge >= 0.3 is 0 Å². The minimum absolute atomic E-state index is 0.0896. The Morgan fingerprint density at radius 3 is 3.05 bits per heavy atom. The fourth-order valence-corrected chi connectivity index (χ4v) is 3.50. The Morgan fingerprint density at radius 2 is 2.26 bits per heavy atom. The lowest BCUT2D eigenvalue weighted by Gasteiger charge is -2.09. The number of aliphatic hydroxyl groups excluding tert-OH is 1. The molecule has 2 N–H and O–H groups in total. The minimum atomic E-state index is -0.647. The largest absolute Gasteiger partial charge is 0.389 e. The number of thiophene rings is 1. The Kier molecular flexibility index (Phi) is 5.36. The number of methoxy groups -OCH3 is 1. The molecule has 1 aliphatic carbocycles. The van der Waals surface area contributed by atoms with Gasteiger partial charge in [0.05, 0.1) is 17.6 Å². The highest BCUT2D eigenvalue weighted by Crippen LogP contribution is 2.28. The van der Waals surface area contributed by atoms with E-state index in [0.29, 0.717) is 0 Å². The van der Waals surface area contributed by atoms with Crippen molar-refractivity contribution in [1.29, 1.82) is 0 Å². The third-order valence-electron chi connectivity index (χ3n) is 3.33. The van der Waals surface area contributed by atoms with Crippen molar-refractivity contribution in [3.05, 3.63) is 21.4 Å². The predicted octanol–water partition coefficient (Wildman–Crippen LogP) is 1.75. The van der Waals surface area contributed by atoms with Crippen LogP contribution in [0.3, 0.4) is 0 Å². The van der Waals surface area contributed by atoms with Gasteiger partial charge in [-0.2, -0.15) is 0 Å². The summed E-state index contributed by atoms with van der Waals surface area (Å²) < 4.78 is 4.82. The third-order valence-corrected chi connectivity index (χ3v) is 4.56. The molecule has 0 saturated carbocycles. The van der Waals surface area contributed by atoms with Gasteiger partial charge in [-0.1, -0.05) is 6.42 Å². The van der Waals surface area contributed by atoms with Gasteiger partial charge < -0.3 is 15.2 Å². The maximum Gasteiger partial charge on any atom is 0.261 e. The van der Waals surface area contributed by atoms with E-state index in [2.05, 4.69) is 5.32 Å². The monoisotopic (exact) mass is 283 g/mol. The zero-order chi connectivity index (χ0) is 13.7. The molecule has 2 rings (SSSR count). The van der Waals surface area contributed by atoms with Gasteiger partial charge in [-0.25, -0.2) is 0 Å². The first kappa shape index (κ1) is 14.5. The van der Waals surface area contributed by atoms with Gasteiger partial charge in [0.25, 0.3) is 5.91 Å². The molecule has 0 aromatic carbocycles. The molecule has 0 fully saturated rings. The molecule has 1 amide bonds. The first-order valence-corrected chi connectivity index (χ1v) is 7.59. The molecule has 0 radical (unpaired) electrons. The summed E-state index contributed by atoms with van der Waals surface area (Å²) in [6.07, 6.45) is 5.27. The third kappa shape index (κ3) is 4.03. The molecule has 1 aromatic heterocycles. The van der Waals surface area contributed by atoms with Gasteiger partial charge in [-0.3, -0.25) is 4.79 Å². The molecule has 4 nitrogen and oxygen atoms in total. The van der Waals surface area contributed by atoms with Crippen LogP contribution in [0.1, 0.15) is 39.4 Å². The second kappa shape index (κ2) is 7.03. The Labute approximate surface area is 117 Å². The van der Waals surface area contributed by atoms with E-state index < -0.39 is 6.10 Å². The number of hydrogen-bond acceptors (Lipinski definition) is 4. The van der Waals surface area contributed by atoms with Crippen molar-refractivity contribution in [2.75, 3.05) is 20.3 Å². The summed E-state index contributed by atoms with van der Waals surface area (Å²) in [4.78, 5) is 14.1. The number of hydrogen-bond donors (Lipinski definition) is 2. The topological polar surface area (TPSA) is 58.6 Å². The van der Waals surface area contributed by atoms with Gasteiger partial charge in [-0.15, -0.1) is 11.3 Å². The molecular formula is C14H21NO3S. The van der Waals surface area contributed by atoms with Crippen LogP contribution in [0.2, 0.25) is 0 Å². The zero-order valence-electron chi connectivity index (χ0n) is 11.3. The van der Waals surface area contributed by atoms with E-state index in [1.54, 1.807) is 11.3 Å². The maximum atomic E-state index is 12.0. The Hall–Kier alpha value is -0.910. The highest BCUT2D eigenvalue weighted by atomic mass is 32.1. The lowest BCUT2D eigenvalue weighted by Crippen LogP contribution is -2.33. The van der Waals surface area contributed by atoms with Crippen LogP contribution < -0.4 is 5.32 Å². The van der Waals surface area contributed by atoms with Crippen LogP contribution in [-0.2, 0) is 17.6 Å². The summed E-state index contributed by atoms with van der Waals surface area (Å²) in [5, 5.41) is 12.3. The molecule has 1 atom stereocenters. The van der Waals surface area contributed by atoms with Crippen molar-refractivity contribution in [1.82, 2.24) is 5.32 Å². The van der Waals surface area contributed by atoms with Crippen LogP contribution in [0.5, 0.6) is 0 Å². The van der Waals surface area contributed by atoms with Gasteiger partial charge in [0.1, 0.15) is 0 Å². The van der Waals surface area contributed by atoms with E-state index in [9.17, 15) is 9.90 Å². The van der Waals surface area contributed by atoms with Crippen LogP contribution in [0.15, 0.2) is 6.07 Å². The number of nitrogens with one attached hydrogen (secondary N) is 1. The van der Waals surface area contributed by atoms with E-state index in [0.717, 1.165) is 17.7 Å². The normalized spacial score (nSPS) is 16.5. The van der Waals surface area contributed by atoms with E-state index in [-0.39, 0.29) is 19.1 Å². The smallest absolute Gasteiger partial charge is 0.261 e. The minimum Gasteiger partial charge on any atom is -0.389 e. The molecule has 5 heteroatoms. The van der Waals surface area contributed by atoms with Gasteiger partial charge in [-0.05, 0) is 37.3 Å². The van der Waals surface area contributed by atoms with Crippen LogP contribution >= 0.6 is 11.3 Å². The van der Waals surface area contributed by atoms with Crippen molar-refractivity contribution >= 4 is 17.2 Å². The Morgan fingerprint density at radius 1 is 1.47 bits per heavy atom. The number of ether oxygens (including phenoxy) is 1. The molecule has 1 aliphatic rings. The SMILES string of the molecule is COCC(O)CNC(=O)c1cc2c(s1)CCCCC2. The summed E-state index contributed by atoms with van der Waals surface area (Å²) in [6.45, 7) is 0.469. The highest BCUT2D eigenvalue weighted by molar-refractivity contribution is 7.14. The molecule has 1 aromatic rings. The molecule has 1 heterocycles. The summed E-state index contributed by atoms with van der Waals surface area (Å²) in [6, 6.07) is 2.02. The van der Waals surface area contributed by atoms with E-state index in [1.165, 1.54) is 36.8 Å². The van der Waals surface area contributed by atoms with Gasteiger partial charge in [0, 0.05) is 18.5 Å². The second-order valence-corrected chi connectivity index (χ2v) is 6.08. The van der Waals surface area contributed by atoms with Crippen LogP contribution in [-0.4, -0.2) is 37.4 Å². The number of carbonyl (C=O) groups excluding carboxylic acids is 1. The lowest BCUT2D eigenvalue weighted by molar-refractivity contribution is 0.0611. The summed E-state index contributed by atoms with van der Waals surface area (Å²) in [5.74, 6) is -0.0896. The van der Waals surface area contributed by atoms with Crippen LogP contribution in [0.4, 0.5) is 0 Å². The zero-order valence-corrected chi connectivity index (χ0v) is 12.1. The number of aryl methyl sites for hydroxylation is 2. The second-order valence-electron chi connectivity index (χ2n) is 4.94. The number of aliphatic hydroxyl groups is 1. The van der Waals surface area contributed by atoms with Crippen molar-refractivity contribution in [3.8, 4) is 0 Å². The van der Waals surface area contributed by atoms with Gasteiger partial charge in [0.15, 0.2) is 0 Å². The highest BCUT2D eigenvalue weighted by Gasteiger charge is 2.16. The lowest BCUT2D eigenvalue weighted by atomic mass is 10.1. The fraction of sp³-hybridized carbons (Fsp3) is 0.643. The summed E-state index contributed by atoms with van der Waals surface area (Å²) in [5.41, 5.74) is 1.34. The average molecular weight is 283 g/mol. The van der Waals surface area contributed by atoms with Crippen molar-refractivity contribution in [3.63, 3.8) is 0 Å². The first-order valence-electron chi connectivity index (χ1n) is 6.77. The summed E-state index contributed by atoms with van der Waals surface area (Å²) >= 11 is 1.60. The van der Waals surface area contributed by atoms with Crippen LogP contribution in [0.25, 0.3) is 0 Å². The summed E-state index contributed by atoms with van der Waals surface area (Å²) in [7, 11) is 1.53. The predicted molar refractivity (Wildman–Crippen MR) is 75.8 cm³/mol. The molecular weight excluding hydrogens is 262 g/mol. The Bertz CT molecular complexity index is 407. The fourth-order valence-electron chi connectivity index (χ4n) is 2.33. The van der Waals surface area contributed by atoms with E-state index in [4.69, 9.17) is 4.74 Å². The Balaban J connectivity index is 1.92. The van der Waals surface area contributed by atoms with Gasteiger partial charge in [0.2, 0.25) is 0 Å². The molecule has 1 unspecified atom stereocenters. The molecule has 0 bridgehead atoms. The van der Waals surface area contributed by atoms with Crippen molar-refractivity contribution in [2.24, 2.45) is 0 Å². The number of carbonyl (C=O) groups is 1. The van der Waals surface area contributed by atoms with Crippen molar-refractivity contribution in [2.45, 2.75) is 38.2 Å². The number of fused-ring (bicyclic) bond motifs is 1. The molecule has 0 spiro atoms. The standard InChI is InChI=1S/C14H21NO3S/c1-18-9-11(16)8-15-14(17)13-7-10-5-3-2-4-6-12(10)19-13/h7,11,16H,2-6,8-9H2,1H3,(H,15,17). The number of amides is 1. The number of rotatable bonds is 5. The van der Waals surface area contributed by atoms with E-state index >= 15 is 0 Å². The molecule has 0 saturated heterocycles. The van der Waals surface area contributed by atoms with E-state index in [1.807, 2.05) is 6.07 Å². The molecule has 106 valence electrons. The van der Waals surface area contributed by atoms with Crippen molar-refractivity contribution < 1.29 is 14.6 Å². The first-order chi connectivity index (χ1) is 9.20. The maximum absolute atomic E-state index is 12.0. The molecule has 0 aliphatic heterocycles. The molecule has 19 heavy (non-hydrogen) atoms. The average Bonchev–Trinajstić information content (AvgIpc) is 2.68.